The highest BCUT2D eigenvalue weighted by Crippen LogP contribution is 2.55. The predicted octanol–water partition coefficient (Wildman–Crippen LogP) is 4.35. The van der Waals surface area contributed by atoms with Crippen LogP contribution in [0.2, 0.25) is 0 Å². The maximum absolute atomic E-state index is 9.91. The van der Waals surface area contributed by atoms with E-state index in [-0.39, 0.29) is 0 Å². The molecule has 0 saturated carbocycles. The Morgan fingerprint density at radius 3 is 1.70 bits per heavy atom. The third kappa shape index (κ3) is 2.67. The van der Waals surface area contributed by atoms with Gasteiger partial charge < -0.3 is 10.0 Å². The van der Waals surface area contributed by atoms with Gasteiger partial charge in [-0.15, -0.1) is 0 Å². The van der Waals surface area contributed by atoms with Crippen molar-refractivity contribution < 1.29 is 10.0 Å². The SMILES string of the molecule is Cc1ccc(C2(c3ccc(C)cc3)c3ccccc3-c3ccc(B(O)O)cc32)cc1. The van der Waals surface area contributed by atoms with Crippen LogP contribution < -0.4 is 5.46 Å². The number of hydrogen-bond donors (Lipinski definition) is 2. The van der Waals surface area contributed by atoms with Crippen molar-refractivity contribution in [3.63, 3.8) is 0 Å². The van der Waals surface area contributed by atoms with Crippen molar-refractivity contribution >= 4 is 12.6 Å². The Balaban J connectivity index is 1.94. The molecule has 30 heavy (non-hydrogen) atoms. The zero-order valence-electron chi connectivity index (χ0n) is 17.1. The summed E-state index contributed by atoms with van der Waals surface area (Å²) >= 11 is 0. The average molecular weight is 390 g/mol. The molecular formula is C27H23BO2. The highest BCUT2D eigenvalue weighted by Gasteiger charge is 2.46. The Bertz CT molecular complexity index is 1180. The number of fused-ring (bicyclic) bond motifs is 3. The quantitative estimate of drug-likeness (QED) is 0.450. The first kappa shape index (κ1) is 18.9. The Morgan fingerprint density at radius 1 is 0.600 bits per heavy atom. The molecule has 0 aliphatic heterocycles. The van der Waals surface area contributed by atoms with Crippen molar-refractivity contribution in [1.82, 2.24) is 0 Å². The van der Waals surface area contributed by atoms with Gasteiger partial charge in [-0.3, -0.25) is 0 Å². The maximum atomic E-state index is 9.91. The molecule has 0 saturated heterocycles. The van der Waals surface area contributed by atoms with Gasteiger partial charge in [0.05, 0.1) is 5.41 Å². The summed E-state index contributed by atoms with van der Waals surface area (Å²) in [5, 5.41) is 19.8. The monoisotopic (exact) mass is 390 g/mol. The van der Waals surface area contributed by atoms with E-state index in [0.717, 1.165) is 11.1 Å². The van der Waals surface area contributed by atoms with E-state index in [4.69, 9.17) is 0 Å². The van der Waals surface area contributed by atoms with Gasteiger partial charge in [0.25, 0.3) is 0 Å². The van der Waals surface area contributed by atoms with Crippen molar-refractivity contribution in [3.05, 3.63) is 124 Å². The third-order valence-electron chi connectivity index (χ3n) is 6.34. The predicted molar refractivity (Wildman–Crippen MR) is 123 cm³/mol. The molecular weight excluding hydrogens is 367 g/mol. The molecule has 0 unspecified atom stereocenters. The van der Waals surface area contributed by atoms with E-state index in [2.05, 4.69) is 86.6 Å². The molecule has 4 aromatic carbocycles. The molecule has 2 nitrogen and oxygen atoms in total. The van der Waals surface area contributed by atoms with Gasteiger partial charge in [-0.1, -0.05) is 102 Å². The summed E-state index contributed by atoms with van der Waals surface area (Å²) in [6, 6.07) is 31.7. The van der Waals surface area contributed by atoms with Crippen LogP contribution >= 0.6 is 0 Å². The van der Waals surface area contributed by atoms with Crippen molar-refractivity contribution in [2.75, 3.05) is 0 Å². The van der Waals surface area contributed by atoms with Crippen LogP contribution in [0.25, 0.3) is 11.1 Å². The molecule has 0 spiro atoms. The largest absolute Gasteiger partial charge is 0.488 e. The van der Waals surface area contributed by atoms with Gasteiger partial charge in [0.1, 0.15) is 0 Å². The van der Waals surface area contributed by atoms with E-state index in [0.29, 0.717) is 5.46 Å². The molecule has 0 bridgehead atoms. The fourth-order valence-corrected chi connectivity index (χ4v) is 4.85. The Hall–Kier alpha value is -3.14. The summed E-state index contributed by atoms with van der Waals surface area (Å²) in [7, 11) is -1.51. The lowest BCUT2D eigenvalue weighted by molar-refractivity contribution is 0.425. The van der Waals surface area contributed by atoms with Crippen LogP contribution in [-0.2, 0) is 5.41 Å². The topological polar surface area (TPSA) is 40.5 Å². The smallest absolute Gasteiger partial charge is 0.423 e. The molecule has 0 fully saturated rings. The molecule has 0 radical (unpaired) electrons. The molecule has 0 amide bonds. The Labute approximate surface area is 177 Å². The fraction of sp³-hybridized carbons (Fsp3) is 0.111. The van der Waals surface area contributed by atoms with E-state index in [1.54, 1.807) is 6.07 Å². The van der Waals surface area contributed by atoms with Crippen LogP contribution in [0.5, 0.6) is 0 Å². The van der Waals surface area contributed by atoms with Gasteiger partial charge in [-0.05, 0) is 52.7 Å². The highest BCUT2D eigenvalue weighted by atomic mass is 16.4. The van der Waals surface area contributed by atoms with Gasteiger partial charge in [-0.25, -0.2) is 0 Å². The molecule has 1 aliphatic carbocycles. The van der Waals surface area contributed by atoms with Crippen LogP contribution in [-0.4, -0.2) is 17.2 Å². The number of rotatable bonds is 3. The molecule has 146 valence electrons. The van der Waals surface area contributed by atoms with E-state index in [1.807, 2.05) is 12.1 Å². The second kappa shape index (κ2) is 6.98. The van der Waals surface area contributed by atoms with Gasteiger partial charge in [0.15, 0.2) is 0 Å². The third-order valence-corrected chi connectivity index (χ3v) is 6.34. The minimum atomic E-state index is -1.51. The van der Waals surface area contributed by atoms with Crippen molar-refractivity contribution in [2.24, 2.45) is 0 Å². The molecule has 2 N–H and O–H groups in total. The number of benzene rings is 4. The summed E-state index contributed by atoms with van der Waals surface area (Å²) < 4.78 is 0. The number of aryl methyl sites for hydroxylation is 2. The maximum Gasteiger partial charge on any atom is 0.488 e. The first-order chi connectivity index (χ1) is 14.5. The van der Waals surface area contributed by atoms with Crippen molar-refractivity contribution in [2.45, 2.75) is 19.3 Å². The average Bonchev–Trinajstić information content (AvgIpc) is 3.05. The lowest BCUT2D eigenvalue weighted by Crippen LogP contribution is -2.33. The van der Waals surface area contributed by atoms with E-state index < -0.39 is 12.5 Å². The minimum Gasteiger partial charge on any atom is -0.423 e. The molecule has 0 aromatic heterocycles. The summed E-state index contributed by atoms with van der Waals surface area (Å²) in [5.41, 5.74) is 9.39. The summed E-state index contributed by atoms with van der Waals surface area (Å²) in [6.07, 6.45) is 0. The molecule has 0 atom stereocenters. The lowest BCUT2D eigenvalue weighted by atomic mass is 9.66. The summed E-state index contributed by atoms with van der Waals surface area (Å²) in [4.78, 5) is 0. The van der Waals surface area contributed by atoms with Gasteiger partial charge >= 0.3 is 7.12 Å². The molecule has 4 aromatic rings. The van der Waals surface area contributed by atoms with Crippen LogP contribution in [0.4, 0.5) is 0 Å². The summed E-state index contributed by atoms with van der Waals surface area (Å²) in [6.45, 7) is 4.19. The van der Waals surface area contributed by atoms with E-state index in [1.165, 1.54) is 33.4 Å². The van der Waals surface area contributed by atoms with Gasteiger partial charge in [0, 0.05) is 0 Å². The van der Waals surface area contributed by atoms with E-state index in [9.17, 15) is 10.0 Å². The molecule has 0 heterocycles. The van der Waals surface area contributed by atoms with Crippen molar-refractivity contribution in [3.8, 4) is 11.1 Å². The normalized spacial score (nSPS) is 13.6. The molecule has 3 heteroatoms. The van der Waals surface area contributed by atoms with Crippen LogP contribution in [0.1, 0.15) is 33.4 Å². The molecule has 5 rings (SSSR count). The lowest BCUT2D eigenvalue weighted by Gasteiger charge is -2.34. The Kier molecular flexibility index (Phi) is 4.39. The summed E-state index contributed by atoms with van der Waals surface area (Å²) in [5.74, 6) is 0. The number of hydrogen-bond acceptors (Lipinski definition) is 2. The minimum absolute atomic E-state index is 0.505. The Morgan fingerprint density at radius 2 is 1.13 bits per heavy atom. The van der Waals surface area contributed by atoms with Crippen LogP contribution in [0.3, 0.4) is 0 Å². The zero-order chi connectivity index (χ0) is 20.9. The van der Waals surface area contributed by atoms with Crippen molar-refractivity contribution in [1.29, 1.82) is 0 Å². The first-order valence-electron chi connectivity index (χ1n) is 10.3. The molecule has 1 aliphatic rings. The zero-order valence-corrected chi connectivity index (χ0v) is 17.1. The second-order valence-electron chi connectivity index (χ2n) is 8.21. The highest BCUT2D eigenvalue weighted by molar-refractivity contribution is 6.58. The van der Waals surface area contributed by atoms with Crippen LogP contribution in [0, 0.1) is 13.8 Å². The van der Waals surface area contributed by atoms with E-state index >= 15 is 0 Å². The van der Waals surface area contributed by atoms with Gasteiger partial charge in [-0.2, -0.15) is 0 Å². The fourth-order valence-electron chi connectivity index (χ4n) is 4.85. The van der Waals surface area contributed by atoms with Gasteiger partial charge in [0.2, 0.25) is 0 Å². The second-order valence-corrected chi connectivity index (χ2v) is 8.21. The standard InChI is InChI=1S/C27H23BO2/c1-18-7-11-20(12-8-18)27(21-13-9-19(2)10-14-21)25-6-4-3-5-23(25)24-16-15-22(28(29)30)17-26(24)27/h3-17,29-30H,1-2H3. The first-order valence-corrected chi connectivity index (χ1v) is 10.3. The van der Waals surface area contributed by atoms with Crippen LogP contribution in [0.15, 0.2) is 91.0 Å².